The first-order chi connectivity index (χ1) is 12.2. The van der Waals surface area contributed by atoms with Crippen molar-refractivity contribution >= 4 is 11.8 Å². The molecule has 2 aliphatic heterocycles. The van der Waals surface area contributed by atoms with Crippen molar-refractivity contribution in [2.75, 3.05) is 26.2 Å². The lowest BCUT2D eigenvalue weighted by Crippen LogP contribution is -2.43. The van der Waals surface area contributed by atoms with Gasteiger partial charge in [-0.05, 0) is 23.3 Å². The average Bonchev–Trinajstić information content (AvgIpc) is 2.89. The van der Waals surface area contributed by atoms with E-state index < -0.39 is 0 Å². The number of amides is 2. The maximum Gasteiger partial charge on any atom is 0.261 e. The molecule has 5 nitrogen and oxygen atoms in total. The molecule has 2 aliphatic rings. The number of imide groups is 1. The van der Waals surface area contributed by atoms with Crippen LogP contribution in [0.15, 0.2) is 48.5 Å². The van der Waals surface area contributed by atoms with Crippen LogP contribution in [-0.4, -0.2) is 47.8 Å². The Morgan fingerprint density at radius 3 is 1.88 bits per heavy atom. The maximum atomic E-state index is 12.6. The molecule has 4 rings (SSSR count). The third-order valence-electron chi connectivity index (χ3n) is 4.93. The minimum Gasteiger partial charge on any atom is -0.314 e. The van der Waals surface area contributed by atoms with Gasteiger partial charge in [0.15, 0.2) is 0 Å². The van der Waals surface area contributed by atoms with Gasteiger partial charge in [-0.3, -0.25) is 19.4 Å². The Morgan fingerprint density at radius 1 is 0.760 bits per heavy atom. The molecule has 0 radical (unpaired) electrons. The zero-order valence-electron chi connectivity index (χ0n) is 14.1. The molecule has 0 atom stereocenters. The highest BCUT2D eigenvalue weighted by Crippen LogP contribution is 2.25. The van der Waals surface area contributed by atoms with Crippen LogP contribution < -0.4 is 5.32 Å². The first kappa shape index (κ1) is 16.0. The van der Waals surface area contributed by atoms with Gasteiger partial charge in [0.1, 0.15) is 0 Å². The summed E-state index contributed by atoms with van der Waals surface area (Å²) in [7, 11) is 0. The summed E-state index contributed by atoms with van der Waals surface area (Å²) in [6.45, 7) is 5.21. The van der Waals surface area contributed by atoms with Crippen molar-refractivity contribution in [3.8, 4) is 0 Å². The standard InChI is InChI=1S/C20H21N3O2/c24-19-17-7-3-4-8-18(17)20(25)23(19)14-16-6-2-1-5-15(16)13-22-11-9-21-10-12-22/h1-8,21H,9-14H2. The van der Waals surface area contributed by atoms with Crippen LogP contribution in [-0.2, 0) is 13.1 Å². The summed E-state index contributed by atoms with van der Waals surface area (Å²) in [6.07, 6.45) is 0. The Hall–Kier alpha value is -2.50. The molecule has 128 valence electrons. The molecule has 2 aromatic rings. The molecule has 1 saturated heterocycles. The predicted octanol–water partition coefficient (Wildman–Crippen LogP) is 1.89. The van der Waals surface area contributed by atoms with E-state index in [1.54, 1.807) is 24.3 Å². The van der Waals surface area contributed by atoms with Crippen molar-refractivity contribution in [3.63, 3.8) is 0 Å². The third kappa shape index (κ3) is 3.08. The number of nitrogens with one attached hydrogen (secondary N) is 1. The van der Waals surface area contributed by atoms with Crippen LogP contribution in [0.2, 0.25) is 0 Å². The minimum atomic E-state index is -0.197. The zero-order chi connectivity index (χ0) is 17.2. The summed E-state index contributed by atoms with van der Waals surface area (Å²) < 4.78 is 0. The van der Waals surface area contributed by atoms with Crippen LogP contribution in [0.5, 0.6) is 0 Å². The summed E-state index contributed by atoms with van der Waals surface area (Å²) in [5.41, 5.74) is 3.23. The fourth-order valence-corrected chi connectivity index (χ4v) is 3.53. The van der Waals surface area contributed by atoms with E-state index in [0.29, 0.717) is 17.7 Å². The predicted molar refractivity (Wildman–Crippen MR) is 95.2 cm³/mol. The van der Waals surface area contributed by atoms with Crippen molar-refractivity contribution in [2.45, 2.75) is 13.1 Å². The van der Waals surface area contributed by atoms with Crippen molar-refractivity contribution < 1.29 is 9.59 Å². The summed E-state index contributed by atoms with van der Waals surface area (Å²) in [5, 5.41) is 3.36. The molecular formula is C20H21N3O2. The molecule has 0 saturated carbocycles. The van der Waals surface area contributed by atoms with Gasteiger partial charge in [0.25, 0.3) is 11.8 Å². The first-order valence-corrected chi connectivity index (χ1v) is 8.69. The number of piperazine rings is 1. The van der Waals surface area contributed by atoms with Gasteiger partial charge >= 0.3 is 0 Å². The van der Waals surface area contributed by atoms with Gasteiger partial charge in [-0.15, -0.1) is 0 Å². The summed E-state index contributed by atoms with van der Waals surface area (Å²) in [6, 6.07) is 15.1. The summed E-state index contributed by atoms with van der Waals surface area (Å²) >= 11 is 0. The molecule has 1 fully saturated rings. The van der Waals surface area contributed by atoms with Gasteiger partial charge in [-0.2, -0.15) is 0 Å². The van der Waals surface area contributed by atoms with E-state index in [0.717, 1.165) is 38.3 Å². The molecule has 25 heavy (non-hydrogen) atoms. The van der Waals surface area contributed by atoms with E-state index in [1.807, 2.05) is 18.2 Å². The van der Waals surface area contributed by atoms with Gasteiger partial charge in [0.05, 0.1) is 17.7 Å². The van der Waals surface area contributed by atoms with Gasteiger partial charge in [0.2, 0.25) is 0 Å². The fraction of sp³-hybridized carbons (Fsp3) is 0.300. The zero-order valence-corrected chi connectivity index (χ0v) is 14.1. The highest BCUT2D eigenvalue weighted by molar-refractivity contribution is 6.21. The van der Waals surface area contributed by atoms with Crippen molar-refractivity contribution in [1.29, 1.82) is 0 Å². The number of fused-ring (bicyclic) bond motifs is 1. The van der Waals surface area contributed by atoms with E-state index in [2.05, 4.69) is 16.3 Å². The lowest BCUT2D eigenvalue weighted by Gasteiger charge is -2.28. The number of carbonyl (C=O) groups excluding carboxylic acids is 2. The highest BCUT2D eigenvalue weighted by Gasteiger charge is 2.35. The molecular weight excluding hydrogens is 314 g/mol. The number of rotatable bonds is 4. The minimum absolute atomic E-state index is 0.197. The molecule has 0 aliphatic carbocycles. The molecule has 1 N–H and O–H groups in total. The van der Waals surface area contributed by atoms with Gasteiger partial charge < -0.3 is 5.32 Å². The Bertz CT molecular complexity index is 777. The molecule has 2 aromatic carbocycles. The normalized spacial score (nSPS) is 17.8. The van der Waals surface area contributed by atoms with Crippen molar-refractivity contribution in [2.24, 2.45) is 0 Å². The van der Waals surface area contributed by atoms with Crippen LogP contribution in [0.25, 0.3) is 0 Å². The lowest BCUT2D eigenvalue weighted by atomic mass is 10.1. The third-order valence-corrected chi connectivity index (χ3v) is 4.93. The number of nitrogens with zero attached hydrogens (tertiary/aromatic N) is 2. The number of carbonyl (C=O) groups is 2. The van der Waals surface area contributed by atoms with E-state index in [-0.39, 0.29) is 11.8 Å². The van der Waals surface area contributed by atoms with Crippen LogP contribution in [0.4, 0.5) is 0 Å². The van der Waals surface area contributed by atoms with E-state index in [1.165, 1.54) is 10.5 Å². The quantitative estimate of drug-likeness (QED) is 0.867. The second kappa shape index (κ2) is 6.78. The molecule has 0 unspecified atom stereocenters. The smallest absolute Gasteiger partial charge is 0.261 e. The number of hydrogen-bond acceptors (Lipinski definition) is 4. The molecule has 0 aromatic heterocycles. The Kier molecular flexibility index (Phi) is 4.34. The Morgan fingerprint density at radius 2 is 1.28 bits per heavy atom. The van der Waals surface area contributed by atoms with E-state index >= 15 is 0 Å². The van der Waals surface area contributed by atoms with Crippen molar-refractivity contribution in [3.05, 3.63) is 70.8 Å². The lowest BCUT2D eigenvalue weighted by molar-refractivity contribution is 0.0641. The van der Waals surface area contributed by atoms with E-state index in [9.17, 15) is 9.59 Å². The first-order valence-electron chi connectivity index (χ1n) is 8.69. The second-order valence-electron chi connectivity index (χ2n) is 6.54. The van der Waals surface area contributed by atoms with Crippen molar-refractivity contribution in [1.82, 2.24) is 15.1 Å². The Labute approximate surface area is 147 Å². The molecule has 2 amide bonds. The Balaban J connectivity index is 1.55. The fourth-order valence-electron chi connectivity index (χ4n) is 3.53. The largest absolute Gasteiger partial charge is 0.314 e. The monoisotopic (exact) mass is 335 g/mol. The molecule has 5 heteroatoms. The van der Waals surface area contributed by atoms with Crippen LogP contribution in [0, 0.1) is 0 Å². The van der Waals surface area contributed by atoms with Crippen LogP contribution in [0.1, 0.15) is 31.8 Å². The summed E-state index contributed by atoms with van der Waals surface area (Å²) in [5.74, 6) is -0.393. The topological polar surface area (TPSA) is 52.7 Å². The van der Waals surface area contributed by atoms with Gasteiger partial charge in [-0.1, -0.05) is 36.4 Å². The number of benzene rings is 2. The molecule has 2 heterocycles. The maximum absolute atomic E-state index is 12.6. The second-order valence-corrected chi connectivity index (χ2v) is 6.54. The van der Waals surface area contributed by atoms with Crippen LogP contribution in [0.3, 0.4) is 0 Å². The number of hydrogen-bond donors (Lipinski definition) is 1. The van der Waals surface area contributed by atoms with Gasteiger partial charge in [-0.25, -0.2) is 0 Å². The van der Waals surface area contributed by atoms with Gasteiger partial charge in [0, 0.05) is 32.7 Å². The SMILES string of the molecule is O=C1c2ccccc2C(=O)N1Cc1ccccc1CN1CCNCC1. The highest BCUT2D eigenvalue weighted by atomic mass is 16.2. The molecule has 0 spiro atoms. The molecule has 0 bridgehead atoms. The summed E-state index contributed by atoms with van der Waals surface area (Å²) in [4.78, 5) is 29.0. The van der Waals surface area contributed by atoms with E-state index in [4.69, 9.17) is 0 Å². The average molecular weight is 335 g/mol. The van der Waals surface area contributed by atoms with Crippen LogP contribution >= 0.6 is 0 Å².